The molecule has 3 rings (SSSR count). The Balaban J connectivity index is 2.06. The topological polar surface area (TPSA) is 64.8 Å². The van der Waals surface area contributed by atoms with Crippen LogP contribution in [0.2, 0.25) is 0 Å². The Morgan fingerprint density at radius 1 is 0.955 bits per heavy atom. The zero-order valence-corrected chi connectivity index (χ0v) is 11.7. The van der Waals surface area contributed by atoms with Crippen LogP contribution in [-0.2, 0) is 6.54 Å². The third-order valence-corrected chi connectivity index (χ3v) is 3.29. The van der Waals surface area contributed by atoms with Crippen LogP contribution in [0.3, 0.4) is 0 Å². The van der Waals surface area contributed by atoms with Gasteiger partial charge in [0.1, 0.15) is 12.1 Å². The van der Waals surface area contributed by atoms with E-state index < -0.39 is 0 Å². The van der Waals surface area contributed by atoms with Gasteiger partial charge in [-0.1, -0.05) is 30.3 Å². The van der Waals surface area contributed by atoms with Crippen LogP contribution < -0.4 is 5.56 Å². The van der Waals surface area contributed by atoms with Gasteiger partial charge in [-0.25, -0.2) is 4.98 Å². The molecule has 0 aliphatic rings. The van der Waals surface area contributed by atoms with Crippen molar-refractivity contribution in [2.75, 3.05) is 0 Å². The van der Waals surface area contributed by atoms with Crippen LogP contribution in [0.25, 0.3) is 11.4 Å². The maximum atomic E-state index is 12.2. The smallest absolute Gasteiger partial charge is 0.254 e. The molecule has 2 aromatic heterocycles. The first-order chi connectivity index (χ1) is 10.8. The Kier molecular flexibility index (Phi) is 3.87. The molecular formula is C17H13N3O2. The fourth-order valence-corrected chi connectivity index (χ4v) is 2.18. The van der Waals surface area contributed by atoms with E-state index in [1.165, 1.54) is 12.3 Å². The van der Waals surface area contributed by atoms with E-state index in [4.69, 9.17) is 0 Å². The van der Waals surface area contributed by atoms with Gasteiger partial charge in [-0.05, 0) is 12.1 Å². The number of nitrogens with zero attached hydrogens (tertiary/aromatic N) is 3. The molecular weight excluding hydrogens is 278 g/mol. The van der Waals surface area contributed by atoms with Gasteiger partial charge in [0.2, 0.25) is 0 Å². The van der Waals surface area contributed by atoms with Crippen molar-refractivity contribution in [3.8, 4) is 11.4 Å². The maximum Gasteiger partial charge on any atom is 0.254 e. The van der Waals surface area contributed by atoms with Gasteiger partial charge in [-0.15, -0.1) is 0 Å². The Labute approximate surface area is 126 Å². The average Bonchev–Trinajstić information content (AvgIpc) is 2.58. The Morgan fingerprint density at radius 2 is 1.77 bits per heavy atom. The van der Waals surface area contributed by atoms with E-state index in [9.17, 15) is 9.59 Å². The molecule has 0 saturated carbocycles. The summed E-state index contributed by atoms with van der Waals surface area (Å²) in [5.74, 6) is 0.551. The predicted octanol–water partition coefficient (Wildman–Crippen LogP) is 2.17. The molecule has 0 atom stereocenters. The van der Waals surface area contributed by atoms with Crippen LogP contribution in [0.4, 0.5) is 0 Å². The van der Waals surface area contributed by atoms with E-state index in [1.807, 2.05) is 18.2 Å². The highest BCUT2D eigenvalue weighted by Crippen LogP contribution is 2.16. The molecule has 0 aliphatic carbocycles. The number of carbonyl (C=O) groups excluding carboxylic acids is 1. The number of aldehydes is 1. The molecule has 1 aromatic carbocycles. The number of benzene rings is 1. The lowest BCUT2D eigenvalue weighted by Gasteiger charge is -2.11. The van der Waals surface area contributed by atoms with E-state index in [0.29, 0.717) is 17.9 Å². The lowest BCUT2D eigenvalue weighted by molar-refractivity contribution is 0.112. The number of aromatic nitrogens is 3. The van der Waals surface area contributed by atoms with Gasteiger partial charge in [0, 0.05) is 29.6 Å². The monoisotopic (exact) mass is 291 g/mol. The third kappa shape index (κ3) is 2.83. The van der Waals surface area contributed by atoms with Crippen LogP contribution in [0.1, 0.15) is 16.1 Å². The van der Waals surface area contributed by atoms with Gasteiger partial charge in [0.05, 0.1) is 12.2 Å². The Bertz CT molecular complexity index is 840. The first kappa shape index (κ1) is 13.9. The molecule has 0 radical (unpaired) electrons. The van der Waals surface area contributed by atoms with E-state index in [0.717, 1.165) is 17.5 Å². The molecule has 3 aromatic rings. The maximum absolute atomic E-state index is 12.2. The summed E-state index contributed by atoms with van der Waals surface area (Å²) in [5, 5.41) is 0. The molecule has 0 aliphatic heterocycles. The largest absolute Gasteiger partial charge is 0.298 e. The molecule has 5 heteroatoms. The average molecular weight is 291 g/mol. The van der Waals surface area contributed by atoms with Crippen molar-refractivity contribution in [2.24, 2.45) is 0 Å². The van der Waals surface area contributed by atoms with Crippen molar-refractivity contribution in [3.63, 3.8) is 0 Å². The van der Waals surface area contributed by atoms with Gasteiger partial charge in [-0.2, -0.15) is 0 Å². The molecule has 0 fully saturated rings. The number of hydrogen-bond acceptors (Lipinski definition) is 4. The van der Waals surface area contributed by atoms with Crippen LogP contribution in [0.5, 0.6) is 0 Å². The second-order valence-electron chi connectivity index (χ2n) is 4.75. The normalized spacial score (nSPS) is 10.4. The molecule has 108 valence electrons. The number of rotatable bonds is 4. The van der Waals surface area contributed by atoms with Crippen LogP contribution in [-0.4, -0.2) is 20.8 Å². The molecule has 22 heavy (non-hydrogen) atoms. The fraction of sp³-hybridized carbons (Fsp3) is 0.0588. The van der Waals surface area contributed by atoms with Crippen molar-refractivity contribution in [1.82, 2.24) is 14.5 Å². The van der Waals surface area contributed by atoms with Gasteiger partial charge >= 0.3 is 0 Å². The van der Waals surface area contributed by atoms with E-state index in [-0.39, 0.29) is 5.56 Å². The highest BCUT2D eigenvalue weighted by molar-refractivity contribution is 5.76. The van der Waals surface area contributed by atoms with Gasteiger partial charge < -0.3 is 0 Å². The SMILES string of the molecule is O=Cc1ccc(-c2nccc(=O)n2Cc2ccccn2)cc1. The molecule has 0 spiro atoms. The zero-order valence-electron chi connectivity index (χ0n) is 11.7. The fourth-order valence-electron chi connectivity index (χ4n) is 2.18. The third-order valence-electron chi connectivity index (χ3n) is 3.29. The van der Waals surface area contributed by atoms with Gasteiger partial charge in [0.15, 0.2) is 0 Å². The summed E-state index contributed by atoms with van der Waals surface area (Å²) in [6.07, 6.45) is 3.96. The van der Waals surface area contributed by atoms with Crippen LogP contribution >= 0.6 is 0 Å². The summed E-state index contributed by atoms with van der Waals surface area (Å²) in [5.41, 5.74) is 2.00. The summed E-state index contributed by atoms with van der Waals surface area (Å²) < 4.78 is 1.57. The first-order valence-electron chi connectivity index (χ1n) is 6.79. The highest BCUT2D eigenvalue weighted by Gasteiger charge is 2.09. The molecule has 0 saturated heterocycles. The summed E-state index contributed by atoms with van der Waals surface area (Å²) in [4.78, 5) is 31.5. The van der Waals surface area contributed by atoms with Gasteiger partial charge in [0.25, 0.3) is 5.56 Å². The number of hydrogen-bond donors (Lipinski definition) is 0. The van der Waals surface area contributed by atoms with E-state index >= 15 is 0 Å². The minimum atomic E-state index is -0.143. The highest BCUT2D eigenvalue weighted by atomic mass is 16.1. The molecule has 5 nitrogen and oxygen atoms in total. The van der Waals surface area contributed by atoms with Crippen LogP contribution in [0, 0.1) is 0 Å². The summed E-state index contributed by atoms with van der Waals surface area (Å²) in [6.45, 7) is 0.346. The second-order valence-corrected chi connectivity index (χ2v) is 4.75. The first-order valence-corrected chi connectivity index (χ1v) is 6.79. The molecule has 0 amide bonds. The van der Waals surface area contributed by atoms with E-state index in [2.05, 4.69) is 9.97 Å². The molecule has 0 bridgehead atoms. The Hall–Kier alpha value is -3.08. The lowest BCUT2D eigenvalue weighted by atomic mass is 10.1. The number of carbonyl (C=O) groups is 1. The van der Waals surface area contributed by atoms with E-state index in [1.54, 1.807) is 35.0 Å². The predicted molar refractivity (Wildman–Crippen MR) is 82.7 cm³/mol. The van der Waals surface area contributed by atoms with Crippen molar-refractivity contribution in [2.45, 2.75) is 6.54 Å². The van der Waals surface area contributed by atoms with Crippen molar-refractivity contribution in [1.29, 1.82) is 0 Å². The summed E-state index contributed by atoms with van der Waals surface area (Å²) in [6, 6.07) is 13.9. The molecule has 0 unspecified atom stereocenters. The Morgan fingerprint density at radius 3 is 2.45 bits per heavy atom. The minimum Gasteiger partial charge on any atom is -0.298 e. The van der Waals surface area contributed by atoms with Crippen molar-refractivity contribution in [3.05, 3.63) is 82.5 Å². The van der Waals surface area contributed by atoms with Crippen molar-refractivity contribution >= 4 is 6.29 Å². The number of pyridine rings is 1. The standard InChI is InChI=1S/C17H13N3O2/c21-12-13-4-6-14(7-5-13)17-19-10-8-16(22)20(17)11-15-3-1-2-9-18-15/h1-10,12H,11H2. The lowest BCUT2D eigenvalue weighted by Crippen LogP contribution is -2.22. The van der Waals surface area contributed by atoms with Crippen molar-refractivity contribution < 1.29 is 4.79 Å². The minimum absolute atomic E-state index is 0.143. The quantitative estimate of drug-likeness (QED) is 0.691. The van der Waals surface area contributed by atoms with Crippen LogP contribution in [0.15, 0.2) is 65.7 Å². The molecule has 2 heterocycles. The second kappa shape index (κ2) is 6.13. The molecule has 0 N–H and O–H groups in total. The summed E-state index contributed by atoms with van der Waals surface area (Å²) >= 11 is 0. The summed E-state index contributed by atoms with van der Waals surface area (Å²) in [7, 11) is 0. The zero-order chi connectivity index (χ0) is 15.4. The van der Waals surface area contributed by atoms with Gasteiger partial charge in [-0.3, -0.25) is 19.1 Å².